The highest BCUT2D eigenvalue weighted by molar-refractivity contribution is 6.74. The van der Waals surface area contributed by atoms with E-state index in [1.165, 1.54) is 0 Å². The van der Waals surface area contributed by atoms with Crippen LogP contribution >= 0.6 is 0 Å². The molecule has 1 aromatic carbocycles. The molecule has 1 aromatic rings. The quantitative estimate of drug-likeness (QED) is 0.806. The first kappa shape index (κ1) is 17.5. The predicted octanol–water partition coefficient (Wildman–Crippen LogP) is 4.59. The summed E-state index contributed by atoms with van der Waals surface area (Å²) in [7, 11) is -0.0939. The summed E-state index contributed by atoms with van der Waals surface area (Å²) >= 11 is 0. The molecular weight excluding hydrogens is 292 g/mol. The van der Waals surface area contributed by atoms with Gasteiger partial charge in [0.05, 0.1) is 19.3 Å². The molecule has 2 rings (SSSR count). The van der Waals surface area contributed by atoms with Crippen LogP contribution < -0.4 is 4.74 Å². The summed E-state index contributed by atoms with van der Waals surface area (Å²) in [5.41, 5.74) is 1.37. The molecule has 0 atom stereocenters. The van der Waals surface area contributed by atoms with Crippen molar-refractivity contribution in [1.82, 2.24) is 0 Å². The Hall–Kier alpha value is -0.843. The van der Waals surface area contributed by atoms with Crippen molar-refractivity contribution in [3.05, 3.63) is 29.3 Å². The van der Waals surface area contributed by atoms with E-state index in [0.717, 1.165) is 36.1 Å². The summed E-state index contributed by atoms with van der Waals surface area (Å²) in [6, 6.07) is 6.03. The summed E-state index contributed by atoms with van der Waals surface area (Å²) in [5, 5.41) is 10.7. The number of aliphatic hydroxyl groups is 1. The van der Waals surface area contributed by atoms with Crippen LogP contribution in [0, 0.1) is 0 Å². The maximum atomic E-state index is 10.5. The molecule has 0 saturated heterocycles. The Morgan fingerprint density at radius 1 is 1.23 bits per heavy atom. The van der Waals surface area contributed by atoms with Crippen LogP contribution in [0.25, 0.3) is 0 Å². The lowest BCUT2D eigenvalue weighted by atomic mass is 9.75. The van der Waals surface area contributed by atoms with Gasteiger partial charge in [-0.3, -0.25) is 0 Å². The molecule has 1 aliphatic carbocycles. The minimum absolute atomic E-state index is 0.196. The molecule has 0 spiro atoms. The second kappa shape index (κ2) is 5.98. The first-order chi connectivity index (χ1) is 10.1. The molecule has 4 heteroatoms. The maximum absolute atomic E-state index is 10.5. The van der Waals surface area contributed by atoms with Crippen LogP contribution in [0.4, 0.5) is 0 Å². The van der Waals surface area contributed by atoms with Gasteiger partial charge in [-0.1, -0.05) is 32.9 Å². The largest absolute Gasteiger partial charge is 0.496 e. The van der Waals surface area contributed by atoms with Gasteiger partial charge in [0, 0.05) is 5.56 Å². The molecule has 0 aromatic heterocycles. The predicted molar refractivity (Wildman–Crippen MR) is 92.7 cm³/mol. The maximum Gasteiger partial charge on any atom is 0.192 e. The van der Waals surface area contributed by atoms with Gasteiger partial charge in [0.1, 0.15) is 5.75 Å². The van der Waals surface area contributed by atoms with Crippen molar-refractivity contribution in [2.24, 2.45) is 0 Å². The van der Waals surface area contributed by atoms with Crippen molar-refractivity contribution in [3.63, 3.8) is 0 Å². The second-order valence-corrected chi connectivity index (χ2v) is 12.8. The van der Waals surface area contributed by atoms with Gasteiger partial charge in [-0.25, -0.2) is 0 Å². The Morgan fingerprint density at radius 2 is 1.86 bits per heavy atom. The highest BCUT2D eigenvalue weighted by Crippen LogP contribution is 2.43. The van der Waals surface area contributed by atoms with Gasteiger partial charge in [0.2, 0.25) is 0 Å². The Bertz CT molecular complexity index is 528. The average molecular weight is 323 g/mol. The SMILES string of the molecule is COc1cc(C2(O)CCC2)ccc1CO[Si](C)(C)C(C)(C)C. The van der Waals surface area contributed by atoms with E-state index >= 15 is 0 Å². The normalized spacial score (nSPS) is 18.0. The lowest BCUT2D eigenvalue weighted by molar-refractivity contribution is -0.0389. The van der Waals surface area contributed by atoms with Gasteiger partial charge in [0.15, 0.2) is 8.32 Å². The second-order valence-electron chi connectivity index (χ2n) is 7.96. The summed E-state index contributed by atoms with van der Waals surface area (Å²) in [6.45, 7) is 11.8. The number of methoxy groups -OCH3 is 1. The van der Waals surface area contributed by atoms with E-state index in [9.17, 15) is 5.11 Å². The molecular formula is C18H30O3Si. The molecule has 1 saturated carbocycles. The summed E-state index contributed by atoms with van der Waals surface area (Å²) in [5.74, 6) is 0.816. The van der Waals surface area contributed by atoms with Crippen LogP contribution in [0.15, 0.2) is 18.2 Å². The molecule has 0 aliphatic heterocycles. The molecule has 22 heavy (non-hydrogen) atoms. The number of hydrogen-bond acceptors (Lipinski definition) is 3. The van der Waals surface area contributed by atoms with Crippen LogP contribution in [0.2, 0.25) is 18.1 Å². The number of benzene rings is 1. The Labute approximate surface area is 135 Å². The lowest BCUT2D eigenvalue weighted by Crippen LogP contribution is -2.40. The van der Waals surface area contributed by atoms with Crippen molar-refractivity contribution in [2.45, 2.75) is 70.4 Å². The fourth-order valence-corrected chi connectivity index (χ4v) is 3.38. The molecule has 0 bridgehead atoms. The van der Waals surface area contributed by atoms with Crippen molar-refractivity contribution in [1.29, 1.82) is 0 Å². The van der Waals surface area contributed by atoms with E-state index in [1.807, 2.05) is 18.2 Å². The van der Waals surface area contributed by atoms with Gasteiger partial charge in [-0.2, -0.15) is 0 Å². The van der Waals surface area contributed by atoms with Crippen LogP contribution in [0.1, 0.15) is 51.2 Å². The fourth-order valence-electron chi connectivity index (χ4n) is 2.43. The van der Waals surface area contributed by atoms with Crippen LogP contribution in [0.3, 0.4) is 0 Å². The summed E-state index contributed by atoms with van der Waals surface area (Å²) < 4.78 is 11.8. The van der Waals surface area contributed by atoms with E-state index in [1.54, 1.807) is 7.11 Å². The smallest absolute Gasteiger partial charge is 0.192 e. The van der Waals surface area contributed by atoms with Crippen LogP contribution in [-0.4, -0.2) is 20.5 Å². The standard InChI is InChI=1S/C18H30O3Si/c1-17(2,3)22(5,6)21-13-14-8-9-15(12-16(14)20-4)18(19)10-7-11-18/h8-9,12,19H,7,10-11,13H2,1-6H3. The van der Waals surface area contributed by atoms with Gasteiger partial charge in [-0.15, -0.1) is 0 Å². The monoisotopic (exact) mass is 322 g/mol. The van der Waals surface area contributed by atoms with Gasteiger partial charge in [0.25, 0.3) is 0 Å². The third-order valence-corrected chi connectivity index (χ3v) is 9.88. The van der Waals surface area contributed by atoms with Crippen molar-refractivity contribution >= 4 is 8.32 Å². The zero-order valence-electron chi connectivity index (χ0n) is 14.8. The number of rotatable bonds is 5. The molecule has 0 heterocycles. The number of ether oxygens (including phenoxy) is 1. The molecule has 1 aliphatic rings. The minimum atomic E-state index is -1.77. The highest BCUT2D eigenvalue weighted by atomic mass is 28.4. The molecule has 0 radical (unpaired) electrons. The minimum Gasteiger partial charge on any atom is -0.496 e. The van der Waals surface area contributed by atoms with E-state index < -0.39 is 13.9 Å². The zero-order valence-corrected chi connectivity index (χ0v) is 15.8. The highest BCUT2D eigenvalue weighted by Gasteiger charge is 2.38. The third-order valence-electron chi connectivity index (χ3n) is 5.40. The molecule has 1 fully saturated rings. The van der Waals surface area contributed by atoms with E-state index in [4.69, 9.17) is 9.16 Å². The van der Waals surface area contributed by atoms with E-state index in [0.29, 0.717) is 6.61 Å². The van der Waals surface area contributed by atoms with E-state index in [2.05, 4.69) is 33.9 Å². The van der Waals surface area contributed by atoms with Crippen molar-refractivity contribution in [2.75, 3.05) is 7.11 Å². The molecule has 3 nitrogen and oxygen atoms in total. The topological polar surface area (TPSA) is 38.7 Å². The fraction of sp³-hybridized carbons (Fsp3) is 0.667. The Kier molecular flexibility index (Phi) is 4.76. The average Bonchev–Trinajstić information content (AvgIpc) is 2.41. The van der Waals surface area contributed by atoms with Gasteiger partial charge >= 0.3 is 0 Å². The van der Waals surface area contributed by atoms with Crippen molar-refractivity contribution in [3.8, 4) is 5.75 Å². The Balaban J connectivity index is 2.15. The lowest BCUT2D eigenvalue weighted by Gasteiger charge is -2.38. The first-order valence-corrected chi connectivity index (χ1v) is 11.0. The molecule has 0 amide bonds. The van der Waals surface area contributed by atoms with Gasteiger partial charge in [-0.05, 0) is 49.0 Å². The Morgan fingerprint density at radius 3 is 2.32 bits per heavy atom. The summed E-state index contributed by atoms with van der Waals surface area (Å²) in [6.07, 6.45) is 2.78. The van der Waals surface area contributed by atoms with Gasteiger partial charge < -0.3 is 14.3 Å². The zero-order chi connectivity index (χ0) is 16.6. The van der Waals surface area contributed by atoms with Crippen LogP contribution in [0.5, 0.6) is 5.75 Å². The first-order valence-electron chi connectivity index (χ1n) is 8.13. The molecule has 0 unspecified atom stereocenters. The summed E-state index contributed by atoms with van der Waals surface area (Å²) in [4.78, 5) is 0. The van der Waals surface area contributed by atoms with E-state index in [-0.39, 0.29) is 5.04 Å². The van der Waals surface area contributed by atoms with Crippen molar-refractivity contribution < 1.29 is 14.3 Å². The molecule has 1 N–H and O–H groups in total. The third kappa shape index (κ3) is 3.39. The molecule has 124 valence electrons. The number of hydrogen-bond donors (Lipinski definition) is 1. The van der Waals surface area contributed by atoms with Crippen LogP contribution in [-0.2, 0) is 16.6 Å².